The number of nitrogens with zero attached hydrogens (tertiary/aromatic N) is 1. The molecule has 0 aliphatic rings. The van der Waals surface area contributed by atoms with Crippen LogP contribution in [0.25, 0.3) is 0 Å². The second-order valence-electron chi connectivity index (χ2n) is 7.02. The van der Waals surface area contributed by atoms with Gasteiger partial charge in [-0.05, 0) is 74.5 Å². The molecule has 0 heterocycles. The first kappa shape index (κ1) is 22.4. The van der Waals surface area contributed by atoms with E-state index in [1.807, 2.05) is 32.0 Å². The maximum Gasteiger partial charge on any atom is 0.262 e. The van der Waals surface area contributed by atoms with Crippen molar-refractivity contribution < 1.29 is 14.3 Å². The molecular weight excluding hydrogens is 366 g/mol. The van der Waals surface area contributed by atoms with Gasteiger partial charge in [-0.15, -0.1) is 0 Å². The lowest BCUT2D eigenvalue weighted by molar-refractivity contribution is -0.118. The Morgan fingerprint density at radius 1 is 0.966 bits per heavy atom. The topological polar surface area (TPSA) is 70.7 Å². The van der Waals surface area contributed by atoms with Crippen LogP contribution in [-0.4, -0.2) is 49.5 Å². The number of likely N-dealkylation sites (N-methyl/N-ethyl adjacent to an activating group) is 1. The zero-order chi connectivity index (χ0) is 21.2. The summed E-state index contributed by atoms with van der Waals surface area (Å²) in [4.78, 5) is 26.6. The number of amides is 2. The molecule has 0 unspecified atom stereocenters. The third kappa shape index (κ3) is 7.58. The quantitative estimate of drug-likeness (QED) is 0.645. The van der Waals surface area contributed by atoms with Crippen molar-refractivity contribution in [1.82, 2.24) is 10.2 Å². The van der Waals surface area contributed by atoms with E-state index < -0.39 is 0 Å². The van der Waals surface area contributed by atoms with Gasteiger partial charge in [0.2, 0.25) is 0 Å². The van der Waals surface area contributed by atoms with Crippen molar-refractivity contribution in [3.8, 4) is 5.75 Å². The summed E-state index contributed by atoms with van der Waals surface area (Å²) >= 11 is 0. The fourth-order valence-corrected chi connectivity index (χ4v) is 3.04. The third-order valence-electron chi connectivity index (χ3n) is 4.60. The van der Waals surface area contributed by atoms with Gasteiger partial charge in [-0.25, -0.2) is 0 Å². The van der Waals surface area contributed by atoms with E-state index in [9.17, 15) is 9.59 Å². The van der Waals surface area contributed by atoms with Gasteiger partial charge in [-0.3, -0.25) is 9.59 Å². The number of anilines is 1. The van der Waals surface area contributed by atoms with E-state index in [-0.39, 0.29) is 18.4 Å². The fraction of sp³-hybridized carbons (Fsp3) is 0.391. The SMILES string of the molecule is CCN(CC)CCNC(=O)c1ccc(NC(=O)COc2cc(C)cc(C)c2)cc1. The molecule has 0 aliphatic heterocycles. The molecule has 29 heavy (non-hydrogen) atoms. The summed E-state index contributed by atoms with van der Waals surface area (Å²) in [5.41, 5.74) is 3.37. The normalized spacial score (nSPS) is 10.7. The van der Waals surface area contributed by atoms with E-state index in [1.54, 1.807) is 24.3 Å². The fourth-order valence-electron chi connectivity index (χ4n) is 3.04. The van der Waals surface area contributed by atoms with Crippen LogP contribution in [0.5, 0.6) is 5.75 Å². The van der Waals surface area contributed by atoms with Gasteiger partial charge in [0, 0.05) is 24.3 Å². The van der Waals surface area contributed by atoms with Gasteiger partial charge < -0.3 is 20.3 Å². The first-order valence-corrected chi connectivity index (χ1v) is 10.0. The summed E-state index contributed by atoms with van der Waals surface area (Å²) in [6, 6.07) is 12.7. The van der Waals surface area contributed by atoms with Gasteiger partial charge in [0.15, 0.2) is 6.61 Å². The van der Waals surface area contributed by atoms with E-state index in [1.165, 1.54) is 0 Å². The van der Waals surface area contributed by atoms with Crippen LogP contribution in [0.3, 0.4) is 0 Å². The molecule has 0 radical (unpaired) electrons. The molecule has 0 saturated carbocycles. The van der Waals surface area contributed by atoms with Crippen LogP contribution >= 0.6 is 0 Å². The summed E-state index contributed by atoms with van der Waals surface area (Å²) in [5.74, 6) is 0.308. The molecule has 0 fully saturated rings. The zero-order valence-electron chi connectivity index (χ0n) is 17.7. The van der Waals surface area contributed by atoms with Crippen LogP contribution in [0.15, 0.2) is 42.5 Å². The minimum atomic E-state index is -0.249. The minimum absolute atomic E-state index is 0.0729. The zero-order valence-corrected chi connectivity index (χ0v) is 17.7. The highest BCUT2D eigenvalue weighted by atomic mass is 16.5. The van der Waals surface area contributed by atoms with E-state index >= 15 is 0 Å². The van der Waals surface area contributed by atoms with Crippen molar-refractivity contribution in [3.63, 3.8) is 0 Å². The number of hydrogen-bond acceptors (Lipinski definition) is 4. The second-order valence-corrected chi connectivity index (χ2v) is 7.02. The second kappa shape index (κ2) is 11.2. The molecule has 2 rings (SSSR count). The van der Waals surface area contributed by atoms with E-state index in [0.717, 1.165) is 30.8 Å². The number of rotatable bonds is 10. The molecule has 6 nitrogen and oxygen atoms in total. The van der Waals surface area contributed by atoms with E-state index in [0.29, 0.717) is 23.5 Å². The standard InChI is InChI=1S/C23H31N3O3/c1-5-26(6-2)12-11-24-23(28)19-7-9-20(10-8-19)25-22(27)16-29-21-14-17(3)13-18(4)15-21/h7-10,13-15H,5-6,11-12,16H2,1-4H3,(H,24,28)(H,25,27). The largest absolute Gasteiger partial charge is 0.484 e. The van der Waals surface area contributed by atoms with Crippen molar-refractivity contribution in [2.45, 2.75) is 27.7 Å². The molecule has 0 atom stereocenters. The summed E-state index contributed by atoms with van der Waals surface area (Å²) in [6.45, 7) is 11.5. The molecule has 6 heteroatoms. The van der Waals surface area contributed by atoms with Gasteiger partial charge in [-0.1, -0.05) is 19.9 Å². The van der Waals surface area contributed by atoms with Gasteiger partial charge in [0.25, 0.3) is 11.8 Å². The molecular formula is C23H31N3O3. The van der Waals surface area contributed by atoms with Crippen LogP contribution in [0.2, 0.25) is 0 Å². The van der Waals surface area contributed by atoms with Gasteiger partial charge >= 0.3 is 0 Å². The summed E-state index contributed by atoms with van der Waals surface area (Å²) in [5, 5.41) is 5.70. The molecule has 0 aliphatic carbocycles. The van der Waals surface area contributed by atoms with Crippen LogP contribution in [-0.2, 0) is 4.79 Å². The van der Waals surface area contributed by atoms with Crippen LogP contribution in [0.1, 0.15) is 35.3 Å². The number of carbonyl (C=O) groups excluding carboxylic acids is 2. The molecule has 2 aromatic carbocycles. The van der Waals surface area contributed by atoms with Gasteiger partial charge in [0.1, 0.15) is 5.75 Å². The maximum absolute atomic E-state index is 12.2. The number of hydrogen-bond donors (Lipinski definition) is 2. The minimum Gasteiger partial charge on any atom is -0.484 e. The molecule has 0 spiro atoms. The number of carbonyl (C=O) groups is 2. The molecule has 0 saturated heterocycles. The van der Waals surface area contributed by atoms with Crippen molar-refractivity contribution in [2.75, 3.05) is 38.1 Å². The van der Waals surface area contributed by atoms with Crippen LogP contribution in [0, 0.1) is 13.8 Å². The maximum atomic E-state index is 12.2. The Labute approximate surface area is 173 Å². The van der Waals surface area contributed by atoms with Gasteiger partial charge in [-0.2, -0.15) is 0 Å². The summed E-state index contributed by atoms with van der Waals surface area (Å²) in [7, 11) is 0. The smallest absolute Gasteiger partial charge is 0.262 e. The van der Waals surface area contributed by atoms with Crippen molar-refractivity contribution in [1.29, 1.82) is 0 Å². The summed E-state index contributed by atoms with van der Waals surface area (Å²) in [6.07, 6.45) is 0. The Morgan fingerprint density at radius 3 is 2.17 bits per heavy atom. The predicted octanol–water partition coefficient (Wildman–Crippen LogP) is 3.39. The van der Waals surface area contributed by atoms with Crippen molar-refractivity contribution in [2.24, 2.45) is 0 Å². The number of nitrogens with one attached hydrogen (secondary N) is 2. The lowest BCUT2D eigenvalue weighted by atomic mass is 10.1. The lowest BCUT2D eigenvalue weighted by Crippen LogP contribution is -2.34. The third-order valence-corrected chi connectivity index (χ3v) is 4.60. The monoisotopic (exact) mass is 397 g/mol. The molecule has 156 valence electrons. The average Bonchev–Trinajstić information content (AvgIpc) is 2.69. The van der Waals surface area contributed by atoms with Crippen molar-refractivity contribution in [3.05, 3.63) is 59.2 Å². The average molecular weight is 398 g/mol. The molecule has 2 aromatic rings. The number of benzene rings is 2. The Balaban J connectivity index is 1.80. The highest BCUT2D eigenvalue weighted by molar-refractivity contribution is 5.96. The van der Waals surface area contributed by atoms with Gasteiger partial charge in [0.05, 0.1) is 0 Å². The van der Waals surface area contributed by atoms with E-state index in [2.05, 4.69) is 29.4 Å². The Bertz CT molecular complexity index is 794. The van der Waals surface area contributed by atoms with Crippen LogP contribution in [0.4, 0.5) is 5.69 Å². The number of ether oxygens (including phenoxy) is 1. The molecule has 2 N–H and O–H groups in total. The molecule has 2 amide bonds. The Kier molecular flexibility index (Phi) is 8.68. The predicted molar refractivity (Wildman–Crippen MR) is 117 cm³/mol. The Hall–Kier alpha value is -2.86. The molecule has 0 aromatic heterocycles. The Morgan fingerprint density at radius 2 is 1.59 bits per heavy atom. The lowest BCUT2D eigenvalue weighted by Gasteiger charge is -2.18. The highest BCUT2D eigenvalue weighted by Gasteiger charge is 2.08. The highest BCUT2D eigenvalue weighted by Crippen LogP contribution is 2.16. The number of aryl methyl sites for hydroxylation is 2. The summed E-state index contributed by atoms with van der Waals surface area (Å²) < 4.78 is 5.57. The van der Waals surface area contributed by atoms with Crippen molar-refractivity contribution >= 4 is 17.5 Å². The van der Waals surface area contributed by atoms with E-state index in [4.69, 9.17) is 4.74 Å². The first-order valence-electron chi connectivity index (χ1n) is 10.0. The first-order chi connectivity index (χ1) is 13.9. The molecule has 0 bridgehead atoms. The van der Waals surface area contributed by atoms with Crippen LogP contribution < -0.4 is 15.4 Å².